The van der Waals surface area contributed by atoms with E-state index in [1.54, 1.807) is 0 Å². The van der Waals surface area contributed by atoms with E-state index in [1.165, 1.54) is 0 Å². The monoisotopic (exact) mass is 163 g/mol. The van der Waals surface area contributed by atoms with Crippen molar-refractivity contribution in [1.82, 2.24) is 4.90 Å². The highest BCUT2D eigenvalue weighted by Gasteiger charge is 2.07. The highest BCUT2D eigenvalue weighted by Crippen LogP contribution is 2.20. The summed E-state index contributed by atoms with van der Waals surface area (Å²) in [4.78, 5) is 12.4. The highest BCUT2D eigenvalue weighted by molar-refractivity contribution is 5.66. The van der Waals surface area contributed by atoms with Crippen LogP contribution < -0.4 is 0 Å². The molecule has 0 saturated carbocycles. The van der Waals surface area contributed by atoms with Crippen molar-refractivity contribution in [3.63, 3.8) is 0 Å². The minimum Gasteiger partial charge on any atom is -0.383 e. The number of rotatable bonds is 1. The predicted molar refractivity (Wildman–Crippen MR) is 49.4 cm³/mol. The summed E-state index contributed by atoms with van der Waals surface area (Å²) < 4.78 is 0. The summed E-state index contributed by atoms with van der Waals surface area (Å²) in [5, 5.41) is 0. The molecule has 12 heavy (non-hydrogen) atoms. The van der Waals surface area contributed by atoms with Gasteiger partial charge in [0.2, 0.25) is 0 Å². The zero-order valence-electron chi connectivity index (χ0n) is 7.50. The van der Waals surface area contributed by atoms with E-state index in [9.17, 15) is 4.79 Å². The lowest BCUT2D eigenvalue weighted by atomic mass is 9.97. The van der Waals surface area contributed by atoms with Gasteiger partial charge < -0.3 is 4.90 Å². The topological polar surface area (TPSA) is 20.3 Å². The molecule has 0 bridgehead atoms. The lowest BCUT2D eigenvalue weighted by Gasteiger charge is -2.13. The first-order valence-electron chi connectivity index (χ1n) is 4.03. The van der Waals surface area contributed by atoms with Crippen molar-refractivity contribution in [1.29, 1.82) is 0 Å². The summed E-state index contributed by atoms with van der Waals surface area (Å²) >= 11 is 0. The minimum atomic E-state index is 0.690. The molecule has 0 amide bonds. The van der Waals surface area contributed by atoms with Crippen molar-refractivity contribution >= 4 is 5.94 Å². The molecule has 1 rings (SSSR count). The first-order valence-corrected chi connectivity index (χ1v) is 4.03. The molecular weight excluding hydrogens is 150 g/mol. The van der Waals surface area contributed by atoms with Crippen LogP contribution in [-0.2, 0) is 4.79 Å². The second kappa shape index (κ2) is 3.93. The number of allylic oxidation sites excluding steroid dienone is 4. The lowest BCUT2D eigenvalue weighted by Crippen LogP contribution is -2.05. The molecule has 2 heteroatoms. The fourth-order valence-corrected chi connectivity index (χ4v) is 1.23. The molecule has 64 valence electrons. The molecule has 0 saturated heterocycles. The highest BCUT2D eigenvalue weighted by atomic mass is 16.1. The van der Waals surface area contributed by atoms with Gasteiger partial charge in [0.25, 0.3) is 0 Å². The van der Waals surface area contributed by atoms with Crippen LogP contribution >= 0.6 is 0 Å². The van der Waals surface area contributed by atoms with Crippen LogP contribution in [0.15, 0.2) is 29.5 Å². The van der Waals surface area contributed by atoms with Gasteiger partial charge >= 0.3 is 0 Å². The fraction of sp³-hybridized carbons (Fsp3) is 0.400. The zero-order chi connectivity index (χ0) is 8.97. The van der Waals surface area contributed by atoms with Gasteiger partial charge in [-0.25, -0.2) is 4.79 Å². The SMILES string of the molecule is CN(C)/C=C1/CCC=CC1=C=O. The predicted octanol–water partition coefficient (Wildman–Crippen LogP) is 1.54. The van der Waals surface area contributed by atoms with Gasteiger partial charge in [-0.2, -0.15) is 0 Å². The molecule has 0 heterocycles. The average Bonchev–Trinajstić information content (AvgIpc) is 2.04. The summed E-state index contributed by atoms with van der Waals surface area (Å²) in [6, 6.07) is 0. The van der Waals surface area contributed by atoms with Gasteiger partial charge in [-0.15, -0.1) is 0 Å². The van der Waals surface area contributed by atoms with E-state index in [1.807, 2.05) is 43.3 Å². The van der Waals surface area contributed by atoms with Crippen molar-refractivity contribution in [2.45, 2.75) is 12.8 Å². The van der Waals surface area contributed by atoms with Crippen LogP contribution in [0.5, 0.6) is 0 Å². The molecular formula is C10H13NO. The van der Waals surface area contributed by atoms with Crippen LogP contribution in [0.1, 0.15) is 12.8 Å². The molecule has 0 spiro atoms. The number of carbonyl (C=O) groups excluding carboxylic acids is 1. The van der Waals surface area contributed by atoms with Gasteiger partial charge in [-0.1, -0.05) is 6.08 Å². The van der Waals surface area contributed by atoms with E-state index >= 15 is 0 Å². The van der Waals surface area contributed by atoms with E-state index in [2.05, 4.69) is 0 Å². The Bertz CT molecular complexity index is 268. The molecule has 0 unspecified atom stereocenters. The Kier molecular flexibility index (Phi) is 2.89. The van der Waals surface area contributed by atoms with Gasteiger partial charge in [0, 0.05) is 20.3 Å². The molecule has 2 nitrogen and oxygen atoms in total. The molecule has 1 aliphatic rings. The van der Waals surface area contributed by atoms with E-state index in [-0.39, 0.29) is 0 Å². The van der Waals surface area contributed by atoms with Crippen molar-refractivity contribution in [3.8, 4) is 0 Å². The Hall–Kier alpha value is -1.27. The van der Waals surface area contributed by atoms with E-state index in [0.29, 0.717) is 5.57 Å². The zero-order valence-corrected chi connectivity index (χ0v) is 7.50. The first kappa shape index (κ1) is 8.82. The molecule has 0 aliphatic heterocycles. The Morgan fingerprint density at radius 2 is 2.33 bits per heavy atom. The quantitative estimate of drug-likeness (QED) is 0.546. The summed E-state index contributed by atoms with van der Waals surface area (Å²) in [6.45, 7) is 0. The van der Waals surface area contributed by atoms with E-state index in [0.717, 1.165) is 18.4 Å². The number of hydrogen-bond donors (Lipinski definition) is 0. The third kappa shape index (κ3) is 2.11. The first-order chi connectivity index (χ1) is 5.74. The van der Waals surface area contributed by atoms with Gasteiger partial charge in [-0.3, -0.25) is 0 Å². The number of hydrogen-bond acceptors (Lipinski definition) is 2. The fourth-order valence-electron chi connectivity index (χ4n) is 1.23. The van der Waals surface area contributed by atoms with Gasteiger partial charge in [0.1, 0.15) is 5.94 Å². The van der Waals surface area contributed by atoms with Crippen LogP contribution in [-0.4, -0.2) is 24.9 Å². The molecule has 0 atom stereocenters. The van der Waals surface area contributed by atoms with Gasteiger partial charge in [0.15, 0.2) is 0 Å². The van der Waals surface area contributed by atoms with E-state index in [4.69, 9.17) is 0 Å². The van der Waals surface area contributed by atoms with Crippen LogP contribution in [0.25, 0.3) is 0 Å². The molecule has 0 fully saturated rings. The molecule has 0 radical (unpaired) electrons. The summed E-state index contributed by atoms with van der Waals surface area (Å²) in [6.07, 6.45) is 7.78. The van der Waals surface area contributed by atoms with Gasteiger partial charge in [-0.05, 0) is 24.5 Å². The third-order valence-corrected chi connectivity index (χ3v) is 1.73. The van der Waals surface area contributed by atoms with E-state index < -0.39 is 0 Å². The van der Waals surface area contributed by atoms with Crippen molar-refractivity contribution < 1.29 is 4.79 Å². The molecule has 0 N–H and O–H groups in total. The molecule has 0 aromatic carbocycles. The lowest BCUT2D eigenvalue weighted by molar-refractivity contribution is 0.554. The van der Waals surface area contributed by atoms with Crippen molar-refractivity contribution in [2.75, 3.05) is 14.1 Å². The summed E-state index contributed by atoms with van der Waals surface area (Å²) in [5.74, 6) is 1.94. The van der Waals surface area contributed by atoms with Crippen LogP contribution in [0, 0.1) is 0 Å². The normalized spacial score (nSPS) is 19.5. The average molecular weight is 163 g/mol. The Morgan fingerprint density at radius 1 is 1.58 bits per heavy atom. The summed E-state index contributed by atoms with van der Waals surface area (Å²) in [5.41, 5.74) is 1.77. The maximum Gasteiger partial charge on any atom is 0.132 e. The van der Waals surface area contributed by atoms with Crippen LogP contribution in [0.2, 0.25) is 0 Å². The second-order valence-electron chi connectivity index (χ2n) is 3.07. The van der Waals surface area contributed by atoms with Crippen LogP contribution in [0.4, 0.5) is 0 Å². The Labute approximate surface area is 72.9 Å². The molecule has 0 aromatic rings. The Balaban J connectivity index is 2.91. The summed E-state index contributed by atoms with van der Waals surface area (Å²) in [7, 11) is 3.90. The number of nitrogens with zero attached hydrogens (tertiary/aromatic N) is 1. The maximum atomic E-state index is 10.5. The molecule has 1 aliphatic carbocycles. The van der Waals surface area contributed by atoms with Crippen molar-refractivity contribution in [3.05, 3.63) is 29.5 Å². The van der Waals surface area contributed by atoms with Crippen molar-refractivity contribution in [2.24, 2.45) is 0 Å². The second-order valence-corrected chi connectivity index (χ2v) is 3.07. The van der Waals surface area contributed by atoms with Gasteiger partial charge in [0.05, 0.1) is 5.57 Å². The largest absolute Gasteiger partial charge is 0.383 e. The smallest absolute Gasteiger partial charge is 0.132 e. The standard InChI is InChI=1S/C10H13NO/c1-11(2)7-9-5-3-4-6-10(9)8-12/h4,6-7H,3,5H2,1-2H3/b9-7-. The maximum absolute atomic E-state index is 10.5. The Morgan fingerprint density at radius 3 is 2.92 bits per heavy atom. The van der Waals surface area contributed by atoms with Crippen LogP contribution in [0.3, 0.4) is 0 Å². The molecule has 0 aromatic heterocycles. The third-order valence-electron chi connectivity index (χ3n) is 1.73. The minimum absolute atomic E-state index is 0.690.